The molecule has 2 amide bonds. The molecule has 0 atom stereocenters. The maximum Gasteiger partial charge on any atom is 0.319 e. The number of halogens is 2. The monoisotopic (exact) mass is 434 g/mol. The van der Waals surface area contributed by atoms with Gasteiger partial charge >= 0.3 is 6.03 Å². The first kappa shape index (κ1) is 21.6. The SMILES string of the molecule is CC(=O)c1cccc(NC(=O)NC2CC[N+](C)(Cc3ccc(Cl)c(Cl)c3)CC2)c1. The predicted molar refractivity (Wildman–Crippen MR) is 118 cm³/mol. The van der Waals surface area contributed by atoms with E-state index in [1.807, 2.05) is 18.2 Å². The number of Topliss-reactive ketones (excluding diaryl/α,β-unsaturated/α-hetero) is 1. The van der Waals surface area contributed by atoms with Gasteiger partial charge in [-0.05, 0) is 31.2 Å². The standard InChI is InChI=1S/C22H25Cl2N3O2/c1-15(28)17-4-3-5-19(13-17)26-22(29)25-18-8-10-27(2,11-9-18)14-16-6-7-20(23)21(24)12-16/h3-7,12-13,18H,8-11,14H2,1-2H3,(H-,25,26,29)/p+1. The predicted octanol–water partition coefficient (Wildman–Crippen LogP) is 5.13. The number of quaternary nitrogens is 1. The minimum absolute atomic E-state index is 0.0274. The van der Waals surface area contributed by atoms with Gasteiger partial charge in [0.1, 0.15) is 6.54 Å². The summed E-state index contributed by atoms with van der Waals surface area (Å²) in [6, 6.07) is 12.6. The molecular formula is C22H26Cl2N3O2+. The van der Waals surface area contributed by atoms with Crippen LogP contribution in [0.3, 0.4) is 0 Å². The van der Waals surface area contributed by atoms with Crippen molar-refractivity contribution in [2.45, 2.75) is 32.4 Å². The number of amides is 2. The van der Waals surface area contributed by atoms with Crippen molar-refractivity contribution >= 4 is 40.7 Å². The Hall–Kier alpha value is -2.08. The van der Waals surface area contributed by atoms with Gasteiger partial charge in [0.2, 0.25) is 0 Å². The van der Waals surface area contributed by atoms with Crippen LogP contribution >= 0.6 is 23.2 Å². The topological polar surface area (TPSA) is 58.2 Å². The third kappa shape index (κ3) is 5.95. The molecule has 3 rings (SSSR count). The molecule has 0 radical (unpaired) electrons. The molecule has 0 aromatic heterocycles. The molecule has 1 aliphatic rings. The maximum atomic E-state index is 12.3. The van der Waals surface area contributed by atoms with Crippen LogP contribution in [0.1, 0.15) is 35.7 Å². The fourth-order valence-electron chi connectivity index (χ4n) is 3.74. The quantitative estimate of drug-likeness (QED) is 0.506. The lowest BCUT2D eigenvalue weighted by molar-refractivity contribution is -0.927. The van der Waals surface area contributed by atoms with E-state index in [-0.39, 0.29) is 17.9 Å². The van der Waals surface area contributed by atoms with Crippen LogP contribution in [0.4, 0.5) is 10.5 Å². The number of urea groups is 1. The molecule has 154 valence electrons. The van der Waals surface area contributed by atoms with Crippen molar-refractivity contribution in [2.24, 2.45) is 0 Å². The van der Waals surface area contributed by atoms with Gasteiger partial charge < -0.3 is 15.1 Å². The van der Waals surface area contributed by atoms with Crippen molar-refractivity contribution in [1.29, 1.82) is 0 Å². The van der Waals surface area contributed by atoms with Crippen LogP contribution < -0.4 is 10.6 Å². The number of nitrogens with one attached hydrogen (secondary N) is 2. The summed E-state index contributed by atoms with van der Waals surface area (Å²) >= 11 is 12.1. The van der Waals surface area contributed by atoms with E-state index in [4.69, 9.17) is 23.2 Å². The number of likely N-dealkylation sites (tertiary alicyclic amines) is 1. The van der Waals surface area contributed by atoms with Crippen molar-refractivity contribution in [3.8, 4) is 0 Å². The van der Waals surface area contributed by atoms with Crippen molar-refractivity contribution in [2.75, 3.05) is 25.5 Å². The summed E-state index contributed by atoms with van der Waals surface area (Å²) in [7, 11) is 2.23. The molecular weight excluding hydrogens is 409 g/mol. The third-order valence-corrected chi connectivity index (χ3v) is 6.18. The van der Waals surface area contributed by atoms with Gasteiger partial charge in [-0.1, -0.05) is 41.4 Å². The highest BCUT2D eigenvalue weighted by molar-refractivity contribution is 6.42. The molecule has 2 N–H and O–H groups in total. The minimum Gasteiger partial charge on any atom is -0.335 e. The van der Waals surface area contributed by atoms with E-state index in [9.17, 15) is 9.59 Å². The number of hydrogen-bond acceptors (Lipinski definition) is 2. The van der Waals surface area contributed by atoms with Crippen molar-refractivity contribution < 1.29 is 14.1 Å². The Labute approximate surface area is 181 Å². The van der Waals surface area contributed by atoms with Crippen LogP contribution in [-0.4, -0.2) is 42.5 Å². The second-order valence-electron chi connectivity index (χ2n) is 7.98. The van der Waals surface area contributed by atoms with E-state index >= 15 is 0 Å². The van der Waals surface area contributed by atoms with E-state index in [2.05, 4.69) is 17.7 Å². The van der Waals surface area contributed by atoms with E-state index in [1.54, 1.807) is 24.3 Å². The van der Waals surface area contributed by atoms with Gasteiger partial charge in [0, 0.05) is 35.7 Å². The largest absolute Gasteiger partial charge is 0.335 e. The Bertz CT molecular complexity index is 909. The molecule has 1 heterocycles. The molecule has 0 spiro atoms. The Morgan fingerprint density at radius 3 is 2.45 bits per heavy atom. The fourth-order valence-corrected chi connectivity index (χ4v) is 4.06. The third-order valence-electron chi connectivity index (χ3n) is 5.45. The second-order valence-corrected chi connectivity index (χ2v) is 8.80. The molecule has 0 saturated carbocycles. The zero-order chi connectivity index (χ0) is 21.0. The molecule has 0 bridgehead atoms. The second kappa shape index (κ2) is 9.16. The van der Waals surface area contributed by atoms with Crippen LogP contribution in [-0.2, 0) is 6.54 Å². The summed E-state index contributed by atoms with van der Waals surface area (Å²) in [5.41, 5.74) is 2.36. The van der Waals surface area contributed by atoms with Gasteiger partial charge in [-0.2, -0.15) is 0 Å². The van der Waals surface area contributed by atoms with Gasteiger partial charge in [0.05, 0.1) is 30.2 Å². The molecule has 1 saturated heterocycles. The van der Waals surface area contributed by atoms with Crippen LogP contribution in [0.25, 0.3) is 0 Å². The molecule has 0 unspecified atom stereocenters. The molecule has 29 heavy (non-hydrogen) atoms. The summed E-state index contributed by atoms with van der Waals surface area (Å²) in [4.78, 5) is 23.8. The van der Waals surface area contributed by atoms with Crippen molar-refractivity contribution in [3.05, 3.63) is 63.6 Å². The summed E-state index contributed by atoms with van der Waals surface area (Å²) in [6.07, 6.45) is 1.80. The Morgan fingerprint density at radius 1 is 1.07 bits per heavy atom. The number of benzene rings is 2. The van der Waals surface area contributed by atoms with Crippen molar-refractivity contribution in [1.82, 2.24) is 5.32 Å². The smallest absolute Gasteiger partial charge is 0.319 e. The van der Waals surface area contributed by atoms with Gasteiger partial charge in [-0.3, -0.25) is 4.79 Å². The lowest BCUT2D eigenvalue weighted by Gasteiger charge is -2.40. The van der Waals surface area contributed by atoms with Gasteiger partial charge in [0.25, 0.3) is 0 Å². The first-order valence-corrected chi connectivity index (χ1v) is 10.5. The zero-order valence-corrected chi connectivity index (χ0v) is 18.2. The number of rotatable bonds is 5. The van der Waals surface area contributed by atoms with Crippen molar-refractivity contribution in [3.63, 3.8) is 0 Å². The number of hydrogen-bond donors (Lipinski definition) is 2. The maximum absolute atomic E-state index is 12.3. The summed E-state index contributed by atoms with van der Waals surface area (Å²) in [6.45, 7) is 4.32. The lowest BCUT2D eigenvalue weighted by atomic mass is 10.0. The first-order chi connectivity index (χ1) is 13.7. The van der Waals surface area contributed by atoms with Gasteiger partial charge in [-0.15, -0.1) is 0 Å². The summed E-state index contributed by atoms with van der Waals surface area (Å²) < 4.78 is 0.901. The molecule has 1 fully saturated rings. The molecule has 0 aliphatic carbocycles. The number of anilines is 1. The average molecular weight is 435 g/mol. The number of ketones is 1. The van der Waals surface area contributed by atoms with Gasteiger partial charge in [0.15, 0.2) is 5.78 Å². The fraction of sp³-hybridized carbons (Fsp3) is 0.364. The minimum atomic E-state index is -0.240. The Morgan fingerprint density at radius 2 is 1.79 bits per heavy atom. The normalized spacial score (nSPS) is 21.4. The lowest BCUT2D eigenvalue weighted by Crippen LogP contribution is -2.54. The van der Waals surface area contributed by atoms with E-state index in [1.165, 1.54) is 6.92 Å². The van der Waals surface area contributed by atoms with Crippen LogP contribution in [0.2, 0.25) is 10.0 Å². The summed E-state index contributed by atoms with van der Waals surface area (Å²) in [5.74, 6) is -0.0274. The van der Waals surface area contributed by atoms with Crippen LogP contribution in [0, 0.1) is 0 Å². The Kier molecular flexibility index (Phi) is 6.83. The van der Waals surface area contributed by atoms with E-state index in [0.29, 0.717) is 21.3 Å². The number of nitrogens with zero attached hydrogens (tertiary/aromatic N) is 1. The highest BCUT2D eigenvalue weighted by atomic mass is 35.5. The summed E-state index contributed by atoms with van der Waals surface area (Å²) in [5, 5.41) is 7.02. The molecule has 1 aliphatic heterocycles. The number of carbonyl (C=O) groups excluding carboxylic acids is 2. The highest BCUT2D eigenvalue weighted by Crippen LogP contribution is 2.26. The average Bonchev–Trinajstić information content (AvgIpc) is 2.67. The molecule has 2 aromatic carbocycles. The van der Waals surface area contributed by atoms with E-state index < -0.39 is 0 Å². The highest BCUT2D eigenvalue weighted by Gasteiger charge is 2.31. The van der Waals surface area contributed by atoms with Crippen LogP contribution in [0.5, 0.6) is 0 Å². The number of piperidine rings is 1. The molecule has 5 nitrogen and oxygen atoms in total. The Balaban J connectivity index is 1.51. The number of carbonyl (C=O) groups is 2. The zero-order valence-electron chi connectivity index (χ0n) is 16.7. The molecule has 2 aromatic rings. The van der Waals surface area contributed by atoms with Crippen LogP contribution in [0.15, 0.2) is 42.5 Å². The first-order valence-electron chi connectivity index (χ1n) is 9.70. The molecule has 7 heteroatoms. The van der Waals surface area contributed by atoms with Gasteiger partial charge in [-0.25, -0.2) is 4.79 Å². The van der Waals surface area contributed by atoms with E-state index in [0.717, 1.165) is 42.5 Å².